The molecule has 0 aliphatic heterocycles. The number of amides is 1. The second-order valence-electron chi connectivity index (χ2n) is 4.07. The molecule has 0 bridgehead atoms. The van der Waals surface area contributed by atoms with Crippen molar-refractivity contribution in [3.8, 4) is 10.6 Å². The number of nitrogens with one attached hydrogen (secondary N) is 1. The highest BCUT2D eigenvalue weighted by molar-refractivity contribution is 9.10. The summed E-state index contributed by atoms with van der Waals surface area (Å²) in [5.41, 5.74) is 4.42. The van der Waals surface area contributed by atoms with Gasteiger partial charge in [-0.3, -0.25) is 15.2 Å². The second-order valence-corrected chi connectivity index (χ2v) is 6.01. The minimum absolute atomic E-state index is 0.314. The number of halogens is 1. The van der Waals surface area contributed by atoms with Gasteiger partial charge in [-0.15, -0.1) is 11.3 Å². The summed E-state index contributed by atoms with van der Waals surface area (Å²) >= 11 is 4.90. The molecule has 0 aliphatic carbocycles. The SMILES string of the molecule is NNC(=O)c1ccc2nc(-c3cncc(Br)c3)sc2c1. The van der Waals surface area contributed by atoms with Gasteiger partial charge >= 0.3 is 0 Å². The molecule has 3 aromatic rings. The summed E-state index contributed by atoms with van der Waals surface area (Å²) in [5.74, 6) is 4.82. The molecule has 0 radical (unpaired) electrons. The van der Waals surface area contributed by atoms with Crippen LogP contribution in [0.15, 0.2) is 41.1 Å². The molecule has 0 fully saturated rings. The molecule has 0 saturated heterocycles. The smallest absolute Gasteiger partial charge is 0.265 e. The molecule has 3 N–H and O–H groups in total. The van der Waals surface area contributed by atoms with Crippen molar-refractivity contribution in [1.82, 2.24) is 15.4 Å². The Morgan fingerprint density at radius 2 is 2.15 bits per heavy atom. The number of thiazole rings is 1. The Hall–Kier alpha value is -1.83. The highest BCUT2D eigenvalue weighted by Gasteiger charge is 2.10. The number of aromatic nitrogens is 2. The Balaban J connectivity index is 2.09. The molecule has 1 aromatic carbocycles. The minimum Gasteiger partial charge on any atom is -0.290 e. The van der Waals surface area contributed by atoms with Crippen molar-refractivity contribution < 1.29 is 4.79 Å². The maximum Gasteiger partial charge on any atom is 0.265 e. The molecule has 7 heteroatoms. The Labute approximate surface area is 127 Å². The summed E-state index contributed by atoms with van der Waals surface area (Å²) in [4.78, 5) is 20.2. The van der Waals surface area contributed by atoms with Gasteiger partial charge in [0.2, 0.25) is 0 Å². The number of hydrazine groups is 1. The van der Waals surface area contributed by atoms with Crippen LogP contribution in [0, 0.1) is 0 Å². The molecule has 2 heterocycles. The fraction of sp³-hybridized carbons (Fsp3) is 0. The number of fused-ring (bicyclic) bond motifs is 1. The van der Waals surface area contributed by atoms with Crippen molar-refractivity contribution in [3.05, 3.63) is 46.7 Å². The molecule has 0 unspecified atom stereocenters. The van der Waals surface area contributed by atoms with Gasteiger partial charge in [0.05, 0.1) is 10.2 Å². The molecule has 0 saturated carbocycles. The van der Waals surface area contributed by atoms with Crippen LogP contribution < -0.4 is 11.3 Å². The van der Waals surface area contributed by atoms with Crippen LogP contribution in [0.2, 0.25) is 0 Å². The van der Waals surface area contributed by atoms with E-state index in [1.54, 1.807) is 24.5 Å². The van der Waals surface area contributed by atoms with Gasteiger partial charge in [-0.1, -0.05) is 0 Å². The highest BCUT2D eigenvalue weighted by atomic mass is 79.9. The number of nitrogens with two attached hydrogens (primary N) is 1. The van der Waals surface area contributed by atoms with Crippen molar-refractivity contribution in [2.24, 2.45) is 5.84 Å². The summed E-state index contributed by atoms with van der Waals surface area (Å²) in [7, 11) is 0. The standard InChI is InChI=1S/C13H9BrN4OS/c14-9-3-8(5-16-6-9)13-17-10-2-1-7(12(19)18-15)4-11(10)20-13/h1-6H,15H2,(H,18,19). The summed E-state index contributed by atoms with van der Waals surface area (Å²) in [6.45, 7) is 0. The van der Waals surface area contributed by atoms with Gasteiger partial charge < -0.3 is 0 Å². The predicted octanol–water partition coefficient (Wildman–Crippen LogP) is 2.72. The molecule has 0 aliphatic rings. The fourth-order valence-corrected chi connectivity index (χ4v) is 3.15. The highest BCUT2D eigenvalue weighted by Crippen LogP contribution is 2.31. The molecule has 3 rings (SSSR count). The summed E-state index contributed by atoms with van der Waals surface area (Å²) in [6, 6.07) is 7.25. The number of nitrogen functional groups attached to an aromatic ring is 1. The van der Waals surface area contributed by atoms with E-state index in [4.69, 9.17) is 5.84 Å². The largest absolute Gasteiger partial charge is 0.290 e. The van der Waals surface area contributed by atoms with Crippen LogP contribution in [0.1, 0.15) is 10.4 Å². The summed E-state index contributed by atoms with van der Waals surface area (Å²) < 4.78 is 1.83. The van der Waals surface area contributed by atoms with Crippen LogP contribution in [0.4, 0.5) is 0 Å². The van der Waals surface area contributed by atoms with Crippen molar-refractivity contribution in [2.75, 3.05) is 0 Å². The first-order valence-electron chi connectivity index (χ1n) is 5.70. The van der Waals surface area contributed by atoms with Crippen LogP contribution in [0.3, 0.4) is 0 Å². The van der Waals surface area contributed by atoms with Gasteiger partial charge in [0, 0.05) is 28.0 Å². The molecule has 0 spiro atoms. The van der Waals surface area contributed by atoms with Gasteiger partial charge in [0.1, 0.15) is 5.01 Å². The molecule has 2 aromatic heterocycles. The Bertz CT molecular complexity index is 802. The lowest BCUT2D eigenvalue weighted by Gasteiger charge is -1.97. The van der Waals surface area contributed by atoms with Crippen molar-refractivity contribution >= 4 is 43.4 Å². The normalized spacial score (nSPS) is 10.7. The quantitative estimate of drug-likeness (QED) is 0.424. The van der Waals surface area contributed by atoms with Gasteiger partial charge in [0.25, 0.3) is 5.91 Å². The van der Waals surface area contributed by atoms with E-state index in [1.807, 2.05) is 12.1 Å². The Kier molecular flexibility index (Phi) is 3.47. The van der Waals surface area contributed by atoms with E-state index < -0.39 is 0 Å². The van der Waals surface area contributed by atoms with E-state index in [9.17, 15) is 4.79 Å². The zero-order valence-electron chi connectivity index (χ0n) is 10.1. The lowest BCUT2D eigenvalue weighted by molar-refractivity contribution is 0.0954. The van der Waals surface area contributed by atoms with Crippen LogP contribution in [0.25, 0.3) is 20.8 Å². The summed E-state index contributed by atoms with van der Waals surface area (Å²) in [6.07, 6.45) is 3.48. The van der Waals surface area contributed by atoms with Crippen molar-refractivity contribution in [3.63, 3.8) is 0 Å². The number of pyridine rings is 1. The van der Waals surface area contributed by atoms with Crippen LogP contribution in [-0.4, -0.2) is 15.9 Å². The number of benzene rings is 1. The topological polar surface area (TPSA) is 80.9 Å². The average molecular weight is 349 g/mol. The van der Waals surface area contributed by atoms with E-state index in [0.717, 1.165) is 25.3 Å². The summed E-state index contributed by atoms with van der Waals surface area (Å²) in [5, 5.41) is 0.860. The number of carbonyl (C=O) groups excluding carboxylic acids is 1. The fourth-order valence-electron chi connectivity index (χ4n) is 1.80. The molecule has 5 nitrogen and oxygen atoms in total. The number of rotatable bonds is 2. The first-order valence-corrected chi connectivity index (χ1v) is 7.31. The number of nitrogens with zero attached hydrogens (tertiary/aromatic N) is 2. The van der Waals surface area contributed by atoms with E-state index >= 15 is 0 Å². The first kappa shape index (κ1) is 13.2. The second kappa shape index (κ2) is 5.28. The number of hydrogen-bond acceptors (Lipinski definition) is 5. The molecule has 1 amide bonds. The van der Waals surface area contributed by atoms with Crippen LogP contribution in [-0.2, 0) is 0 Å². The van der Waals surface area contributed by atoms with Gasteiger partial charge in [-0.2, -0.15) is 0 Å². The monoisotopic (exact) mass is 348 g/mol. The van der Waals surface area contributed by atoms with E-state index in [1.165, 1.54) is 11.3 Å². The zero-order chi connectivity index (χ0) is 14.1. The van der Waals surface area contributed by atoms with E-state index in [0.29, 0.717) is 5.56 Å². The number of hydrogen-bond donors (Lipinski definition) is 2. The maximum atomic E-state index is 11.5. The van der Waals surface area contributed by atoms with Crippen molar-refractivity contribution in [1.29, 1.82) is 0 Å². The molecular formula is C13H9BrN4OS. The average Bonchev–Trinajstić information content (AvgIpc) is 2.89. The third-order valence-corrected chi connectivity index (χ3v) is 4.23. The van der Waals surface area contributed by atoms with Gasteiger partial charge in [-0.05, 0) is 40.2 Å². The Morgan fingerprint density at radius 3 is 2.90 bits per heavy atom. The predicted molar refractivity (Wildman–Crippen MR) is 82.2 cm³/mol. The Morgan fingerprint density at radius 1 is 1.30 bits per heavy atom. The molecule has 100 valence electrons. The third kappa shape index (κ3) is 2.43. The van der Waals surface area contributed by atoms with Gasteiger partial charge in [0.15, 0.2) is 0 Å². The molecular weight excluding hydrogens is 340 g/mol. The zero-order valence-corrected chi connectivity index (χ0v) is 12.5. The van der Waals surface area contributed by atoms with Gasteiger partial charge in [-0.25, -0.2) is 10.8 Å². The van der Waals surface area contributed by atoms with E-state index in [2.05, 4.69) is 31.3 Å². The lowest BCUT2D eigenvalue weighted by Crippen LogP contribution is -2.29. The minimum atomic E-state index is -0.314. The molecule has 20 heavy (non-hydrogen) atoms. The van der Waals surface area contributed by atoms with Crippen molar-refractivity contribution in [2.45, 2.75) is 0 Å². The van der Waals surface area contributed by atoms with Crippen LogP contribution >= 0.6 is 27.3 Å². The van der Waals surface area contributed by atoms with Crippen LogP contribution in [0.5, 0.6) is 0 Å². The van der Waals surface area contributed by atoms with E-state index in [-0.39, 0.29) is 5.91 Å². The lowest BCUT2D eigenvalue weighted by atomic mass is 10.2. The first-order chi connectivity index (χ1) is 9.67. The number of carbonyl (C=O) groups is 1. The third-order valence-electron chi connectivity index (χ3n) is 2.73. The molecule has 0 atom stereocenters. The maximum absolute atomic E-state index is 11.5.